The number of aryl methyl sites for hydroxylation is 1. The third-order valence-electron chi connectivity index (χ3n) is 7.57. The van der Waals surface area contributed by atoms with Crippen molar-refractivity contribution in [2.45, 2.75) is 50.7 Å². The predicted octanol–water partition coefficient (Wildman–Crippen LogP) is 7.19. The van der Waals surface area contributed by atoms with E-state index in [1.54, 1.807) is 19.1 Å². The molecule has 1 fully saturated rings. The quantitative estimate of drug-likeness (QED) is 0.163. The molecule has 0 radical (unpaired) electrons. The van der Waals surface area contributed by atoms with Gasteiger partial charge in [-0.3, -0.25) is 4.98 Å². The first-order valence-electron chi connectivity index (χ1n) is 14.0. The standard InChI is InChI=1S/C32H27ClFN9/c1-19-24(11-12-29(34)38-19)32(28-18-43(42-41-28)23-9-10-23)39-22-14-25-30(21(16-36)17-37-31(25)26(33)15-22)40-27(8-5-13-35)20-6-3-2-4-7-20/h2-4,6-7,11-12,14-15,17-18,23,27,32,39H,5,8-10H2,1H3,(H,37,40)/t27-,32+/m1/s1. The van der Waals surface area contributed by atoms with Gasteiger partial charge in [-0.15, -0.1) is 5.10 Å². The molecule has 0 spiro atoms. The van der Waals surface area contributed by atoms with Crippen LogP contribution in [0.5, 0.6) is 0 Å². The van der Waals surface area contributed by atoms with Gasteiger partial charge in [0, 0.05) is 34.9 Å². The van der Waals surface area contributed by atoms with Gasteiger partial charge in [-0.1, -0.05) is 53.2 Å². The molecule has 0 saturated heterocycles. The summed E-state index contributed by atoms with van der Waals surface area (Å²) in [6.45, 7) is 1.75. The summed E-state index contributed by atoms with van der Waals surface area (Å²) in [5.74, 6) is -0.564. The number of nitriles is 2. The predicted molar refractivity (Wildman–Crippen MR) is 162 cm³/mol. The van der Waals surface area contributed by atoms with Gasteiger partial charge >= 0.3 is 0 Å². The van der Waals surface area contributed by atoms with Crippen molar-refractivity contribution in [1.29, 1.82) is 10.5 Å². The zero-order chi connectivity index (χ0) is 29.9. The molecule has 1 aliphatic rings. The van der Waals surface area contributed by atoms with Crippen LogP contribution in [0.15, 0.2) is 67.0 Å². The van der Waals surface area contributed by atoms with Crippen LogP contribution in [0.4, 0.5) is 15.8 Å². The maximum atomic E-state index is 14.0. The maximum Gasteiger partial charge on any atom is 0.213 e. The number of anilines is 2. The molecule has 6 rings (SSSR count). The average molecular weight is 592 g/mol. The Bertz CT molecular complexity index is 1870. The van der Waals surface area contributed by atoms with Crippen molar-refractivity contribution in [2.24, 2.45) is 0 Å². The highest BCUT2D eigenvalue weighted by atomic mass is 35.5. The van der Waals surface area contributed by atoms with E-state index in [0.717, 1.165) is 24.0 Å². The number of aromatic nitrogens is 5. The highest BCUT2D eigenvalue weighted by Gasteiger charge is 2.28. The van der Waals surface area contributed by atoms with Crippen LogP contribution < -0.4 is 10.6 Å². The fraction of sp³-hybridized carbons (Fsp3) is 0.250. The Morgan fingerprint density at radius 3 is 2.65 bits per heavy atom. The second-order valence-corrected chi connectivity index (χ2v) is 11.0. The highest BCUT2D eigenvalue weighted by Crippen LogP contribution is 2.39. The van der Waals surface area contributed by atoms with Crippen LogP contribution in [0, 0.1) is 35.5 Å². The molecule has 43 heavy (non-hydrogen) atoms. The summed E-state index contributed by atoms with van der Waals surface area (Å²) in [7, 11) is 0. The minimum absolute atomic E-state index is 0.230. The lowest BCUT2D eigenvalue weighted by molar-refractivity contribution is 0.577. The number of benzene rings is 2. The number of nitrogens with one attached hydrogen (secondary N) is 2. The molecule has 9 nitrogen and oxygen atoms in total. The van der Waals surface area contributed by atoms with Crippen molar-refractivity contribution < 1.29 is 4.39 Å². The molecule has 0 bridgehead atoms. The molecular weight excluding hydrogens is 565 g/mol. The minimum atomic E-state index is -0.564. The summed E-state index contributed by atoms with van der Waals surface area (Å²) < 4.78 is 15.8. The van der Waals surface area contributed by atoms with Crippen LogP contribution in [0.1, 0.15) is 71.9 Å². The van der Waals surface area contributed by atoms with Crippen molar-refractivity contribution >= 4 is 33.9 Å². The normalized spacial score (nSPS) is 14.1. The summed E-state index contributed by atoms with van der Waals surface area (Å²) in [6.07, 6.45) is 6.39. The second-order valence-electron chi connectivity index (χ2n) is 10.6. The summed E-state index contributed by atoms with van der Waals surface area (Å²) in [5, 5.41) is 36.2. The van der Waals surface area contributed by atoms with Crippen molar-refractivity contribution in [1.82, 2.24) is 25.0 Å². The molecule has 0 unspecified atom stereocenters. The molecule has 2 N–H and O–H groups in total. The Morgan fingerprint density at radius 2 is 1.93 bits per heavy atom. The topological polar surface area (TPSA) is 128 Å². The van der Waals surface area contributed by atoms with Gasteiger partial charge < -0.3 is 10.6 Å². The van der Waals surface area contributed by atoms with Gasteiger partial charge in [0.2, 0.25) is 5.95 Å². The molecule has 3 heterocycles. The molecular formula is C32H27ClFN9. The van der Waals surface area contributed by atoms with Gasteiger partial charge in [0.15, 0.2) is 0 Å². The van der Waals surface area contributed by atoms with Crippen molar-refractivity contribution in [3.8, 4) is 12.1 Å². The van der Waals surface area contributed by atoms with E-state index >= 15 is 0 Å². The number of fused-ring (bicyclic) bond motifs is 1. The van der Waals surface area contributed by atoms with Crippen molar-refractivity contribution in [3.63, 3.8) is 0 Å². The van der Waals surface area contributed by atoms with Gasteiger partial charge in [0.25, 0.3) is 0 Å². The SMILES string of the molecule is Cc1nc(F)ccc1[C@H](Nc1cc(Cl)c2ncc(C#N)c(N[C@H](CCC#N)c3ccccc3)c2c1)c1cn(C2CC2)nn1. The van der Waals surface area contributed by atoms with Gasteiger partial charge in [0.1, 0.15) is 11.8 Å². The van der Waals surface area contributed by atoms with Crippen LogP contribution in [0.25, 0.3) is 10.9 Å². The van der Waals surface area contributed by atoms with Crippen LogP contribution in [-0.4, -0.2) is 25.0 Å². The lowest BCUT2D eigenvalue weighted by Gasteiger charge is -2.23. The number of rotatable bonds is 10. The largest absolute Gasteiger partial charge is 0.377 e. The average Bonchev–Trinajstić information content (AvgIpc) is 3.75. The molecule has 214 valence electrons. The first-order valence-corrected chi connectivity index (χ1v) is 14.3. The van der Waals surface area contributed by atoms with E-state index in [4.69, 9.17) is 11.6 Å². The number of hydrogen-bond acceptors (Lipinski definition) is 8. The summed E-state index contributed by atoms with van der Waals surface area (Å²) >= 11 is 6.80. The summed E-state index contributed by atoms with van der Waals surface area (Å²) in [4.78, 5) is 8.53. The van der Waals surface area contributed by atoms with Crippen molar-refractivity contribution in [3.05, 3.63) is 106 Å². The summed E-state index contributed by atoms with van der Waals surface area (Å²) in [6, 6.07) is 20.5. The second kappa shape index (κ2) is 12.0. The molecule has 0 aliphatic heterocycles. The van der Waals surface area contributed by atoms with E-state index < -0.39 is 12.0 Å². The zero-order valence-corrected chi connectivity index (χ0v) is 24.1. The monoisotopic (exact) mass is 591 g/mol. The molecule has 1 aliphatic carbocycles. The fourth-order valence-electron chi connectivity index (χ4n) is 5.24. The molecule has 1 saturated carbocycles. The van der Waals surface area contributed by atoms with E-state index in [9.17, 15) is 14.9 Å². The van der Waals surface area contributed by atoms with E-state index in [1.807, 2.05) is 47.3 Å². The molecule has 5 aromatic rings. The Hall–Kier alpha value is -5.06. The molecule has 3 aromatic heterocycles. The van der Waals surface area contributed by atoms with Gasteiger partial charge in [0.05, 0.1) is 52.2 Å². The minimum Gasteiger partial charge on any atom is -0.377 e. The fourth-order valence-corrected chi connectivity index (χ4v) is 5.51. The Balaban J connectivity index is 1.44. The van der Waals surface area contributed by atoms with Crippen molar-refractivity contribution in [2.75, 3.05) is 10.6 Å². The van der Waals surface area contributed by atoms with Gasteiger partial charge in [-0.2, -0.15) is 14.9 Å². The van der Waals surface area contributed by atoms with E-state index in [0.29, 0.717) is 63.1 Å². The molecule has 0 amide bonds. The van der Waals surface area contributed by atoms with E-state index in [-0.39, 0.29) is 6.04 Å². The molecule has 11 heteroatoms. The van der Waals surface area contributed by atoms with Gasteiger partial charge in [-0.05, 0) is 49.9 Å². The summed E-state index contributed by atoms with van der Waals surface area (Å²) in [5.41, 5.74) is 4.99. The highest BCUT2D eigenvalue weighted by molar-refractivity contribution is 6.35. The number of pyridine rings is 2. The zero-order valence-electron chi connectivity index (χ0n) is 23.3. The molecule has 2 aromatic carbocycles. The third kappa shape index (κ3) is 5.97. The lowest BCUT2D eigenvalue weighted by atomic mass is 10.00. The first-order chi connectivity index (χ1) is 20.9. The maximum absolute atomic E-state index is 14.0. The van der Waals surface area contributed by atoms with E-state index in [2.05, 4.69) is 43.1 Å². The Kier molecular flexibility index (Phi) is 7.86. The van der Waals surface area contributed by atoms with E-state index in [1.165, 1.54) is 12.3 Å². The number of halogens is 2. The molecule has 2 atom stereocenters. The van der Waals surface area contributed by atoms with Gasteiger partial charge in [-0.25, -0.2) is 9.67 Å². The van der Waals surface area contributed by atoms with Crippen LogP contribution in [0.3, 0.4) is 0 Å². The Labute approximate surface area is 253 Å². The number of hydrogen-bond donors (Lipinski definition) is 2. The Morgan fingerprint density at radius 1 is 1.12 bits per heavy atom. The smallest absolute Gasteiger partial charge is 0.213 e. The lowest BCUT2D eigenvalue weighted by Crippen LogP contribution is -2.16. The van der Waals surface area contributed by atoms with Crippen LogP contribution in [0.2, 0.25) is 5.02 Å². The van der Waals surface area contributed by atoms with Crippen LogP contribution in [-0.2, 0) is 0 Å². The third-order valence-corrected chi connectivity index (χ3v) is 7.86. The number of nitrogens with zero attached hydrogens (tertiary/aromatic N) is 7. The first kappa shape index (κ1) is 28.1. The van der Waals surface area contributed by atoms with Crippen LogP contribution >= 0.6 is 11.6 Å².